The molecule has 0 radical (unpaired) electrons. The zero-order chi connectivity index (χ0) is 41.9. The number of rotatable bonds is 5. The van der Waals surface area contributed by atoms with Gasteiger partial charge in [0.2, 0.25) is 0 Å². The van der Waals surface area contributed by atoms with Crippen LogP contribution in [-0.2, 0) is 0 Å². The summed E-state index contributed by atoms with van der Waals surface area (Å²) < 4.78 is 106. The maximum atomic E-state index is 9.61. The van der Waals surface area contributed by atoms with Crippen molar-refractivity contribution in [3.05, 3.63) is 176 Å². The average Bonchev–Trinajstić information content (AvgIpc) is 3.87. The van der Waals surface area contributed by atoms with Crippen molar-refractivity contribution in [3.8, 4) is 22.3 Å². The third-order valence-electron chi connectivity index (χ3n) is 8.81. The molecule has 2 aromatic heterocycles. The monoisotopic (exact) mass is 654 g/mol. The number of benzene rings is 8. The van der Waals surface area contributed by atoms with Crippen molar-refractivity contribution in [2.75, 3.05) is 4.90 Å². The van der Waals surface area contributed by atoms with E-state index in [9.17, 15) is 6.85 Å². The fraction of sp³-hybridized carbons (Fsp3) is 0. The smallest absolute Gasteiger partial charge is 0.143 e. The second-order valence-electron chi connectivity index (χ2n) is 11.6. The highest BCUT2D eigenvalue weighted by Crippen LogP contribution is 2.45. The molecule has 230 valence electrons. The SMILES string of the molecule is [2H]c1c([2H])c(N(c2ccc(-c3ccccc3)cc2)c2cccc3oc4c5ccccc5ccc4c23)c([2H])c([2H])c1-c1c([2H])c([2H])c2c(sc3c([2H])c([2H])c([2H])c([2H])c32)c1[2H]. The first-order valence-corrected chi connectivity index (χ1v) is 16.5. The third-order valence-corrected chi connectivity index (χ3v) is 9.83. The van der Waals surface area contributed by atoms with E-state index in [0.29, 0.717) is 27.9 Å². The van der Waals surface area contributed by atoms with Crippen molar-refractivity contribution in [2.45, 2.75) is 0 Å². The Morgan fingerprint density at radius 1 is 0.490 bits per heavy atom. The van der Waals surface area contributed by atoms with Crippen LogP contribution in [0.1, 0.15) is 15.1 Å². The first-order chi connectivity index (χ1) is 28.9. The van der Waals surface area contributed by atoms with Gasteiger partial charge < -0.3 is 9.32 Å². The summed E-state index contributed by atoms with van der Waals surface area (Å²) in [4.78, 5) is 1.68. The van der Waals surface area contributed by atoms with Crippen molar-refractivity contribution in [1.29, 1.82) is 0 Å². The second-order valence-corrected chi connectivity index (χ2v) is 12.7. The van der Waals surface area contributed by atoms with E-state index in [1.54, 1.807) is 4.90 Å². The highest BCUT2D eigenvalue weighted by molar-refractivity contribution is 7.25. The van der Waals surface area contributed by atoms with E-state index >= 15 is 0 Å². The molecule has 0 aliphatic heterocycles. The Hall–Kier alpha value is -6.16. The number of thiophene rings is 1. The molecule has 0 unspecified atom stereocenters. The molecule has 0 spiro atoms. The lowest BCUT2D eigenvalue weighted by atomic mass is 10.0. The zero-order valence-electron chi connectivity index (χ0n) is 36.7. The van der Waals surface area contributed by atoms with Gasteiger partial charge in [-0.3, -0.25) is 0 Å². The van der Waals surface area contributed by atoms with Crippen LogP contribution in [0.25, 0.3) is 75.1 Å². The van der Waals surface area contributed by atoms with Crippen LogP contribution in [-0.4, -0.2) is 0 Å². The van der Waals surface area contributed by atoms with Gasteiger partial charge in [-0.1, -0.05) is 121 Å². The first kappa shape index (κ1) is 19.0. The number of furan rings is 1. The standard InChI is InChI=1S/C46H29NOS/c1-2-9-30(10-3-1)31-17-23-35(24-18-31)47(41-14-8-15-42-45(41)40-28-21-33-11-4-5-12-37(33)46(40)48-42)36-25-19-32(20-26-36)34-22-27-39-38-13-6-7-16-43(38)49-44(39)29-34/h1-29H/i6D,7D,13D,16D,19D,20D,22D,25D,26D,27D,29D. The highest BCUT2D eigenvalue weighted by Gasteiger charge is 2.20. The Balaban J connectivity index is 1.25. The van der Waals surface area contributed by atoms with Gasteiger partial charge in [-0.05, 0) is 82.1 Å². The predicted molar refractivity (Wildman–Crippen MR) is 210 cm³/mol. The fourth-order valence-corrected chi connectivity index (χ4v) is 7.48. The van der Waals surface area contributed by atoms with Crippen LogP contribution in [0.2, 0.25) is 0 Å². The summed E-state index contributed by atoms with van der Waals surface area (Å²) in [5, 5.41) is 3.41. The normalized spacial score (nSPS) is 14.8. The molecule has 0 aliphatic carbocycles. The molecule has 8 aromatic carbocycles. The van der Waals surface area contributed by atoms with Gasteiger partial charge in [0.1, 0.15) is 11.2 Å². The molecule has 0 saturated carbocycles. The molecule has 0 atom stereocenters. The third kappa shape index (κ3) is 4.62. The lowest BCUT2D eigenvalue weighted by Gasteiger charge is -2.26. The Labute approximate surface area is 303 Å². The Kier molecular flexibility index (Phi) is 4.35. The lowest BCUT2D eigenvalue weighted by Crippen LogP contribution is -2.10. The van der Waals surface area contributed by atoms with E-state index < -0.39 is 54.4 Å². The largest absolute Gasteiger partial charge is 0.455 e. The Bertz CT molecular complexity index is 3430. The molecule has 2 nitrogen and oxygen atoms in total. The molecule has 49 heavy (non-hydrogen) atoms. The summed E-state index contributed by atoms with van der Waals surface area (Å²) in [6, 6.07) is 29.7. The van der Waals surface area contributed by atoms with Gasteiger partial charge >= 0.3 is 0 Å². The van der Waals surface area contributed by atoms with Gasteiger partial charge in [0, 0.05) is 42.3 Å². The molecule has 3 heteroatoms. The number of hydrogen-bond acceptors (Lipinski definition) is 3. The number of nitrogens with zero attached hydrogens (tertiary/aromatic N) is 1. The average molecular weight is 655 g/mol. The minimum absolute atomic E-state index is 0.00552. The molecule has 10 aromatic rings. The van der Waals surface area contributed by atoms with E-state index in [1.807, 2.05) is 109 Å². The first-order valence-electron chi connectivity index (χ1n) is 21.2. The van der Waals surface area contributed by atoms with Crippen LogP contribution in [0.4, 0.5) is 17.1 Å². The van der Waals surface area contributed by atoms with Crippen LogP contribution in [0.3, 0.4) is 0 Å². The Morgan fingerprint density at radius 3 is 2.12 bits per heavy atom. The molecular weight excluding hydrogens is 615 g/mol. The van der Waals surface area contributed by atoms with Crippen LogP contribution in [0.5, 0.6) is 0 Å². The van der Waals surface area contributed by atoms with Crippen molar-refractivity contribution in [2.24, 2.45) is 0 Å². The molecule has 0 fully saturated rings. The molecule has 0 saturated heterocycles. The minimum atomic E-state index is -0.552. The molecule has 0 N–H and O–H groups in total. The van der Waals surface area contributed by atoms with Crippen LogP contribution in [0, 0.1) is 0 Å². The van der Waals surface area contributed by atoms with Crippen LogP contribution >= 0.6 is 11.3 Å². The van der Waals surface area contributed by atoms with E-state index in [4.69, 9.17) is 12.6 Å². The summed E-state index contributed by atoms with van der Waals surface area (Å²) >= 11 is 0.874. The van der Waals surface area contributed by atoms with Crippen molar-refractivity contribution < 1.29 is 19.5 Å². The second kappa shape index (κ2) is 11.2. The van der Waals surface area contributed by atoms with Gasteiger partial charge in [0.05, 0.1) is 26.2 Å². The van der Waals surface area contributed by atoms with E-state index in [0.717, 1.165) is 38.6 Å². The predicted octanol–water partition coefficient (Wildman–Crippen LogP) is 13.9. The lowest BCUT2D eigenvalue weighted by molar-refractivity contribution is 0.672. The molecule has 0 aliphatic rings. The van der Waals surface area contributed by atoms with E-state index in [2.05, 4.69) is 0 Å². The summed E-state index contributed by atoms with van der Waals surface area (Å²) in [7, 11) is 0. The molecule has 10 rings (SSSR count). The number of fused-ring (bicyclic) bond motifs is 8. The molecular formula is C46H29NOS. The summed E-state index contributed by atoms with van der Waals surface area (Å²) in [5.74, 6) is 0. The Morgan fingerprint density at radius 2 is 1.24 bits per heavy atom. The van der Waals surface area contributed by atoms with Crippen molar-refractivity contribution >= 4 is 81.3 Å². The topological polar surface area (TPSA) is 16.4 Å². The van der Waals surface area contributed by atoms with Gasteiger partial charge in [0.25, 0.3) is 0 Å². The summed E-state index contributed by atoms with van der Waals surface area (Å²) in [6.45, 7) is 0. The number of hydrogen-bond donors (Lipinski definition) is 0. The maximum absolute atomic E-state index is 9.61. The maximum Gasteiger partial charge on any atom is 0.143 e. The minimum Gasteiger partial charge on any atom is -0.455 e. The quantitative estimate of drug-likeness (QED) is 0.184. The summed E-state index contributed by atoms with van der Waals surface area (Å²) in [6.07, 6.45) is 0. The molecule has 0 amide bonds. The highest BCUT2D eigenvalue weighted by atomic mass is 32.1. The zero-order valence-corrected chi connectivity index (χ0v) is 26.5. The molecule has 2 heterocycles. The summed E-state index contributed by atoms with van der Waals surface area (Å²) in [5.41, 5.74) is 3.47. The van der Waals surface area contributed by atoms with E-state index in [-0.39, 0.29) is 49.1 Å². The number of anilines is 3. The van der Waals surface area contributed by atoms with Crippen LogP contribution in [0.15, 0.2) is 180 Å². The van der Waals surface area contributed by atoms with Gasteiger partial charge in [-0.2, -0.15) is 0 Å². The van der Waals surface area contributed by atoms with E-state index in [1.165, 1.54) is 0 Å². The van der Waals surface area contributed by atoms with Gasteiger partial charge in [0.15, 0.2) is 0 Å². The molecule has 0 bridgehead atoms. The van der Waals surface area contributed by atoms with Crippen molar-refractivity contribution in [3.63, 3.8) is 0 Å². The fourth-order valence-electron chi connectivity index (χ4n) is 6.51. The van der Waals surface area contributed by atoms with Gasteiger partial charge in [-0.15, -0.1) is 11.3 Å². The van der Waals surface area contributed by atoms with Crippen LogP contribution < -0.4 is 4.90 Å². The van der Waals surface area contributed by atoms with Crippen molar-refractivity contribution in [1.82, 2.24) is 0 Å². The van der Waals surface area contributed by atoms with Gasteiger partial charge in [-0.25, -0.2) is 0 Å².